The van der Waals surface area contributed by atoms with Crippen molar-refractivity contribution in [3.05, 3.63) is 76.9 Å². The lowest BCUT2D eigenvalue weighted by Gasteiger charge is -2.01. The van der Waals surface area contributed by atoms with Gasteiger partial charge in [0.05, 0.1) is 18.5 Å². The Hall–Kier alpha value is -3.19. The molecule has 3 aromatic rings. The van der Waals surface area contributed by atoms with E-state index >= 15 is 0 Å². The summed E-state index contributed by atoms with van der Waals surface area (Å²) in [6.45, 7) is -0.428. The number of para-hydroxylation sites is 1. The first-order valence-electron chi connectivity index (χ1n) is 8.39. The predicted octanol–water partition coefficient (Wildman–Crippen LogP) is 4.03. The van der Waals surface area contributed by atoms with Crippen molar-refractivity contribution in [2.75, 3.05) is 13.7 Å². The van der Waals surface area contributed by atoms with Crippen LogP contribution in [0.3, 0.4) is 0 Å². The largest absolute Gasteiger partial charge is 0.466 e. The maximum atomic E-state index is 11.9. The number of nitrogens with zero attached hydrogens (tertiary/aromatic N) is 2. The summed E-state index contributed by atoms with van der Waals surface area (Å²) >= 11 is 3.42. The van der Waals surface area contributed by atoms with Gasteiger partial charge in [0.15, 0.2) is 6.61 Å². The van der Waals surface area contributed by atoms with Crippen LogP contribution in [-0.4, -0.2) is 35.4 Å². The van der Waals surface area contributed by atoms with Crippen LogP contribution in [0.5, 0.6) is 0 Å². The first kappa shape index (κ1) is 19.6. The summed E-state index contributed by atoms with van der Waals surface area (Å²) in [4.78, 5) is 22.9. The molecule has 0 N–H and O–H groups in total. The molecule has 3 rings (SSSR count). The van der Waals surface area contributed by atoms with Crippen molar-refractivity contribution in [3.63, 3.8) is 0 Å². The van der Waals surface area contributed by atoms with Gasteiger partial charge in [-0.25, -0.2) is 14.3 Å². The molecule has 0 spiro atoms. The highest BCUT2D eigenvalue weighted by Crippen LogP contribution is 2.26. The molecule has 0 saturated carbocycles. The molecule has 0 radical (unpaired) electrons. The van der Waals surface area contributed by atoms with Gasteiger partial charge < -0.3 is 9.47 Å². The molecule has 1 heterocycles. The van der Waals surface area contributed by atoms with Crippen molar-refractivity contribution >= 4 is 33.9 Å². The Labute approximate surface area is 170 Å². The molecule has 2 aromatic carbocycles. The van der Waals surface area contributed by atoms with Crippen LogP contribution in [0.15, 0.2) is 71.3 Å². The molecule has 0 aliphatic heterocycles. The molecule has 1 aromatic heterocycles. The topological polar surface area (TPSA) is 70.4 Å². The van der Waals surface area contributed by atoms with Crippen LogP contribution in [0.25, 0.3) is 23.0 Å². The highest BCUT2D eigenvalue weighted by Gasteiger charge is 2.11. The van der Waals surface area contributed by atoms with Gasteiger partial charge in [0.25, 0.3) is 0 Å². The van der Waals surface area contributed by atoms with E-state index in [9.17, 15) is 9.59 Å². The number of hydrogen-bond donors (Lipinski definition) is 0. The molecule has 0 amide bonds. The third-order valence-corrected chi connectivity index (χ3v) is 4.37. The van der Waals surface area contributed by atoms with Crippen molar-refractivity contribution < 1.29 is 19.1 Å². The Morgan fingerprint density at radius 2 is 1.82 bits per heavy atom. The zero-order valence-electron chi connectivity index (χ0n) is 15.0. The van der Waals surface area contributed by atoms with Gasteiger partial charge >= 0.3 is 11.9 Å². The Kier molecular flexibility index (Phi) is 6.39. The predicted molar refractivity (Wildman–Crippen MR) is 109 cm³/mol. The smallest absolute Gasteiger partial charge is 0.344 e. The molecule has 6 nitrogen and oxygen atoms in total. The van der Waals surface area contributed by atoms with Crippen LogP contribution in [0.1, 0.15) is 5.56 Å². The molecular weight excluding hydrogens is 424 g/mol. The monoisotopic (exact) mass is 440 g/mol. The van der Waals surface area contributed by atoms with E-state index in [2.05, 4.69) is 25.8 Å². The standard InChI is InChI=1S/C21H17BrN2O4/c1-27-20(26)14-28-19(25)12-9-16-13-24(18-5-3-2-4-6-18)23-21(16)15-7-10-17(22)11-8-15/h2-13H,14H2,1H3/b12-9+. The van der Waals surface area contributed by atoms with Crippen LogP contribution >= 0.6 is 15.9 Å². The normalized spacial score (nSPS) is 10.8. The number of methoxy groups -OCH3 is 1. The summed E-state index contributed by atoms with van der Waals surface area (Å²) < 4.78 is 12.0. The number of benzene rings is 2. The lowest BCUT2D eigenvalue weighted by molar-refractivity contribution is -0.154. The Morgan fingerprint density at radius 1 is 1.11 bits per heavy atom. The fourth-order valence-electron chi connectivity index (χ4n) is 2.45. The summed E-state index contributed by atoms with van der Waals surface area (Å²) in [5.41, 5.74) is 3.25. The molecule has 7 heteroatoms. The summed E-state index contributed by atoms with van der Waals surface area (Å²) in [6.07, 6.45) is 4.71. The molecule has 0 aliphatic carbocycles. The van der Waals surface area contributed by atoms with Crippen LogP contribution in [0.4, 0.5) is 0 Å². The molecular formula is C21H17BrN2O4. The van der Waals surface area contributed by atoms with Gasteiger partial charge in [0.1, 0.15) is 0 Å². The summed E-state index contributed by atoms with van der Waals surface area (Å²) in [5.74, 6) is -1.26. The number of hydrogen-bond acceptors (Lipinski definition) is 5. The SMILES string of the molecule is COC(=O)COC(=O)/C=C/c1cn(-c2ccccc2)nc1-c1ccc(Br)cc1. The number of rotatable bonds is 6. The first-order chi connectivity index (χ1) is 13.6. The zero-order valence-corrected chi connectivity index (χ0v) is 16.6. The maximum Gasteiger partial charge on any atom is 0.344 e. The van der Waals surface area contributed by atoms with Crippen molar-refractivity contribution in [1.29, 1.82) is 0 Å². The minimum atomic E-state index is -0.639. The third kappa shape index (κ3) is 4.95. The van der Waals surface area contributed by atoms with Crippen molar-refractivity contribution in [2.24, 2.45) is 0 Å². The summed E-state index contributed by atoms with van der Waals surface area (Å²) in [5, 5.41) is 4.67. The number of esters is 2. The minimum Gasteiger partial charge on any atom is -0.466 e. The van der Waals surface area contributed by atoms with E-state index in [0.29, 0.717) is 5.69 Å². The van der Waals surface area contributed by atoms with Crippen LogP contribution < -0.4 is 0 Å². The fourth-order valence-corrected chi connectivity index (χ4v) is 2.71. The van der Waals surface area contributed by atoms with E-state index in [1.165, 1.54) is 13.2 Å². The third-order valence-electron chi connectivity index (χ3n) is 3.84. The molecule has 0 aliphatic rings. The van der Waals surface area contributed by atoms with Crippen LogP contribution in [-0.2, 0) is 19.1 Å². The van der Waals surface area contributed by atoms with E-state index in [1.54, 1.807) is 10.8 Å². The lowest BCUT2D eigenvalue weighted by atomic mass is 10.1. The minimum absolute atomic E-state index is 0.428. The van der Waals surface area contributed by atoms with Gasteiger partial charge in [-0.2, -0.15) is 5.10 Å². The molecule has 0 bridgehead atoms. The van der Waals surface area contributed by atoms with Gasteiger partial charge in [-0.15, -0.1) is 0 Å². The maximum absolute atomic E-state index is 11.9. The lowest BCUT2D eigenvalue weighted by Crippen LogP contribution is -2.13. The van der Waals surface area contributed by atoms with Gasteiger partial charge in [-0.05, 0) is 30.3 Å². The van der Waals surface area contributed by atoms with Gasteiger partial charge in [-0.3, -0.25) is 0 Å². The fraction of sp³-hybridized carbons (Fsp3) is 0.0952. The molecule has 0 fully saturated rings. The number of aromatic nitrogens is 2. The van der Waals surface area contributed by atoms with E-state index in [0.717, 1.165) is 21.3 Å². The Balaban J connectivity index is 1.91. The van der Waals surface area contributed by atoms with Crippen LogP contribution in [0.2, 0.25) is 0 Å². The van der Waals surface area contributed by atoms with Gasteiger partial charge in [0.2, 0.25) is 0 Å². The van der Waals surface area contributed by atoms with Crippen molar-refractivity contribution in [1.82, 2.24) is 9.78 Å². The molecule has 0 saturated heterocycles. The summed E-state index contributed by atoms with van der Waals surface area (Å²) in [6, 6.07) is 17.4. The van der Waals surface area contributed by atoms with Gasteiger partial charge in [-0.1, -0.05) is 46.3 Å². The molecule has 0 atom stereocenters. The van der Waals surface area contributed by atoms with Gasteiger partial charge in [0, 0.05) is 27.9 Å². The highest BCUT2D eigenvalue weighted by atomic mass is 79.9. The summed E-state index contributed by atoms with van der Waals surface area (Å²) in [7, 11) is 1.23. The molecule has 28 heavy (non-hydrogen) atoms. The zero-order chi connectivity index (χ0) is 19.9. The van der Waals surface area contributed by atoms with Crippen LogP contribution in [0, 0.1) is 0 Å². The number of carbonyl (C=O) groups is 2. The van der Waals surface area contributed by atoms with E-state index in [-0.39, 0.29) is 0 Å². The average Bonchev–Trinajstić information content (AvgIpc) is 3.16. The van der Waals surface area contributed by atoms with E-state index in [4.69, 9.17) is 4.74 Å². The Bertz CT molecular complexity index is 995. The highest BCUT2D eigenvalue weighted by molar-refractivity contribution is 9.10. The number of ether oxygens (including phenoxy) is 2. The first-order valence-corrected chi connectivity index (χ1v) is 9.19. The molecule has 0 unspecified atom stereocenters. The molecule has 142 valence electrons. The number of halogens is 1. The van der Waals surface area contributed by atoms with E-state index in [1.807, 2.05) is 60.8 Å². The number of carbonyl (C=O) groups excluding carboxylic acids is 2. The van der Waals surface area contributed by atoms with Crippen molar-refractivity contribution in [3.8, 4) is 16.9 Å². The second-order valence-corrected chi connectivity index (χ2v) is 6.65. The quantitative estimate of drug-likeness (QED) is 0.427. The van der Waals surface area contributed by atoms with Crippen molar-refractivity contribution in [2.45, 2.75) is 0 Å². The average molecular weight is 441 g/mol. The second-order valence-electron chi connectivity index (χ2n) is 5.74. The van der Waals surface area contributed by atoms with E-state index < -0.39 is 18.5 Å². The second kappa shape index (κ2) is 9.14. The Morgan fingerprint density at radius 3 is 2.50 bits per heavy atom.